The maximum Gasteiger partial charge on any atom is 0.196 e. The van der Waals surface area contributed by atoms with Crippen LogP contribution in [0, 0.1) is 0 Å². The van der Waals surface area contributed by atoms with Crippen molar-refractivity contribution >= 4 is 17.6 Å². The fourth-order valence-electron chi connectivity index (χ4n) is 1.67. The Morgan fingerprint density at radius 3 is 2.67 bits per heavy atom. The maximum absolute atomic E-state index is 11.8. The molecule has 0 N–H and O–H groups in total. The molecule has 0 saturated carbocycles. The van der Waals surface area contributed by atoms with Gasteiger partial charge < -0.3 is 9.15 Å². The number of ketones is 2. The van der Waals surface area contributed by atoms with Crippen LogP contribution < -0.4 is 0 Å². The van der Waals surface area contributed by atoms with Gasteiger partial charge in [-0.05, 0) is 37.3 Å². The third kappa shape index (κ3) is 2.18. The highest BCUT2D eigenvalue weighted by molar-refractivity contribution is 6.36. The van der Waals surface area contributed by atoms with Crippen LogP contribution in [0.1, 0.15) is 12.7 Å². The van der Waals surface area contributed by atoms with Crippen LogP contribution in [0.2, 0.25) is 0 Å². The number of hydrogen-bond acceptors (Lipinski definition) is 4. The quantitative estimate of drug-likeness (QED) is 0.465. The minimum absolute atomic E-state index is 0.0674. The summed E-state index contributed by atoms with van der Waals surface area (Å²) >= 11 is 0. The van der Waals surface area contributed by atoms with Crippen LogP contribution in [0.15, 0.2) is 51.9 Å². The number of carbonyl (C=O) groups is 2. The molecular weight excluding hydrogens is 232 g/mol. The van der Waals surface area contributed by atoms with Crippen molar-refractivity contribution in [1.29, 1.82) is 0 Å². The summed E-state index contributed by atoms with van der Waals surface area (Å²) in [6.45, 7) is 1.61. The van der Waals surface area contributed by atoms with Crippen molar-refractivity contribution in [2.75, 3.05) is 7.11 Å². The summed E-state index contributed by atoms with van der Waals surface area (Å²) in [6.07, 6.45) is 6.05. The van der Waals surface area contributed by atoms with Crippen molar-refractivity contribution in [2.45, 2.75) is 6.92 Å². The average molecular weight is 244 g/mol. The highest BCUT2D eigenvalue weighted by Gasteiger charge is 2.29. The molecule has 4 nitrogen and oxygen atoms in total. The van der Waals surface area contributed by atoms with Crippen molar-refractivity contribution in [3.05, 3.63) is 53.2 Å². The Morgan fingerprint density at radius 2 is 2.17 bits per heavy atom. The second-order valence-corrected chi connectivity index (χ2v) is 3.81. The molecule has 2 rings (SSSR count). The summed E-state index contributed by atoms with van der Waals surface area (Å²) in [6, 6.07) is 3.51. The molecule has 0 unspecified atom stereocenters. The summed E-state index contributed by atoms with van der Waals surface area (Å²) in [5.41, 5.74) is 0.494. The normalized spacial score (nSPS) is 18.4. The molecule has 0 aliphatic heterocycles. The first-order chi connectivity index (χ1) is 8.63. The molecule has 0 fully saturated rings. The molecule has 0 amide bonds. The Labute approximate surface area is 104 Å². The number of hydrogen-bond donors (Lipinski definition) is 0. The maximum atomic E-state index is 11.8. The predicted molar refractivity (Wildman–Crippen MR) is 65.5 cm³/mol. The highest BCUT2D eigenvalue weighted by Crippen LogP contribution is 2.22. The number of furan rings is 1. The predicted octanol–water partition coefficient (Wildman–Crippen LogP) is 2.29. The number of allylic oxidation sites excluding steroid dienone is 4. The Morgan fingerprint density at radius 1 is 1.39 bits per heavy atom. The molecule has 18 heavy (non-hydrogen) atoms. The van der Waals surface area contributed by atoms with Crippen LogP contribution in [-0.2, 0) is 14.3 Å². The fourth-order valence-corrected chi connectivity index (χ4v) is 1.67. The standard InChI is InChI=1S/C14H12O4/c1-9-8-11(15)13(14(9)16)12(17-2)6-5-10-4-3-7-18-10/h3-8H,1-2H3/b6-5+,13-12+. The Hall–Kier alpha value is -2.36. The van der Waals surface area contributed by atoms with Gasteiger partial charge in [0.1, 0.15) is 17.1 Å². The Kier molecular flexibility index (Phi) is 3.28. The van der Waals surface area contributed by atoms with E-state index in [-0.39, 0.29) is 22.9 Å². The van der Waals surface area contributed by atoms with Gasteiger partial charge in [-0.15, -0.1) is 0 Å². The van der Waals surface area contributed by atoms with Crippen LogP contribution in [0.4, 0.5) is 0 Å². The van der Waals surface area contributed by atoms with E-state index in [1.165, 1.54) is 19.4 Å². The Bertz CT molecular complexity index is 571. The van der Waals surface area contributed by atoms with Gasteiger partial charge in [0.2, 0.25) is 0 Å². The molecule has 0 atom stereocenters. The number of ether oxygens (including phenoxy) is 1. The SMILES string of the molecule is COC(/C=C/c1ccco1)=C1\C(=O)C=C(C)C1=O. The second kappa shape index (κ2) is 4.87. The summed E-state index contributed by atoms with van der Waals surface area (Å²) < 4.78 is 10.2. The van der Waals surface area contributed by atoms with E-state index in [2.05, 4.69) is 0 Å². The number of carbonyl (C=O) groups excluding carboxylic acids is 2. The van der Waals surface area contributed by atoms with Gasteiger partial charge in [0.15, 0.2) is 11.6 Å². The van der Waals surface area contributed by atoms with Gasteiger partial charge in [-0.3, -0.25) is 9.59 Å². The summed E-state index contributed by atoms with van der Waals surface area (Å²) in [4.78, 5) is 23.5. The van der Waals surface area contributed by atoms with E-state index in [1.807, 2.05) is 0 Å². The zero-order valence-corrected chi connectivity index (χ0v) is 10.1. The van der Waals surface area contributed by atoms with Crippen molar-refractivity contribution in [3.63, 3.8) is 0 Å². The molecule has 0 radical (unpaired) electrons. The number of rotatable bonds is 3. The minimum Gasteiger partial charge on any atom is -0.496 e. The van der Waals surface area contributed by atoms with Crippen molar-refractivity contribution < 1.29 is 18.7 Å². The van der Waals surface area contributed by atoms with Crippen LogP contribution in [0.3, 0.4) is 0 Å². The average Bonchev–Trinajstić information content (AvgIpc) is 2.93. The lowest BCUT2D eigenvalue weighted by Gasteiger charge is -2.03. The van der Waals surface area contributed by atoms with E-state index in [0.29, 0.717) is 11.3 Å². The van der Waals surface area contributed by atoms with Gasteiger partial charge in [-0.1, -0.05) is 0 Å². The molecule has 1 aromatic heterocycles. The van der Waals surface area contributed by atoms with E-state index < -0.39 is 0 Å². The first-order valence-electron chi connectivity index (χ1n) is 5.40. The summed E-state index contributed by atoms with van der Waals surface area (Å²) in [7, 11) is 1.42. The van der Waals surface area contributed by atoms with Crippen molar-refractivity contribution in [3.8, 4) is 0 Å². The highest BCUT2D eigenvalue weighted by atomic mass is 16.5. The molecule has 0 saturated heterocycles. The van der Waals surface area contributed by atoms with Gasteiger partial charge in [0, 0.05) is 5.57 Å². The lowest BCUT2D eigenvalue weighted by Crippen LogP contribution is -2.07. The molecule has 4 heteroatoms. The molecule has 0 bridgehead atoms. The molecule has 1 heterocycles. The second-order valence-electron chi connectivity index (χ2n) is 3.81. The Balaban J connectivity index is 2.34. The van der Waals surface area contributed by atoms with Crippen LogP contribution in [-0.4, -0.2) is 18.7 Å². The monoisotopic (exact) mass is 244 g/mol. The molecule has 1 aromatic rings. The van der Waals surface area contributed by atoms with Crippen LogP contribution in [0.5, 0.6) is 0 Å². The molecular formula is C14H12O4. The zero-order valence-electron chi connectivity index (χ0n) is 10.1. The minimum atomic E-state index is -0.321. The van der Waals surface area contributed by atoms with E-state index in [9.17, 15) is 9.59 Å². The largest absolute Gasteiger partial charge is 0.496 e. The summed E-state index contributed by atoms with van der Waals surface area (Å²) in [5.74, 6) is 0.251. The van der Waals surface area contributed by atoms with Gasteiger partial charge in [-0.25, -0.2) is 0 Å². The molecule has 0 spiro atoms. The lowest BCUT2D eigenvalue weighted by molar-refractivity contribution is -0.116. The number of methoxy groups -OCH3 is 1. The lowest BCUT2D eigenvalue weighted by atomic mass is 10.1. The first-order valence-corrected chi connectivity index (χ1v) is 5.40. The third-order valence-electron chi connectivity index (χ3n) is 2.59. The van der Waals surface area contributed by atoms with Crippen molar-refractivity contribution in [2.24, 2.45) is 0 Å². The van der Waals surface area contributed by atoms with Crippen LogP contribution >= 0.6 is 0 Å². The van der Waals surface area contributed by atoms with Crippen molar-refractivity contribution in [1.82, 2.24) is 0 Å². The molecule has 1 aliphatic carbocycles. The van der Waals surface area contributed by atoms with Gasteiger partial charge in [0.05, 0.1) is 13.4 Å². The van der Waals surface area contributed by atoms with Gasteiger partial charge in [-0.2, -0.15) is 0 Å². The molecule has 92 valence electrons. The zero-order chi connectivity index (χ0) is 13.1. The smallest absolute Gasteiger partial charge is 0.196 e. The van der Waals surface area contributed by atoms with E-state index in [0.717, 1.165) is 0 Å². The molecule has 1 aliphatic rings. The topological polar surface area (TPSA) is 56.5 Å². The fraction of sp³-hybridized carbons (Fsp3) is 0.143. The van der Waals surface area contributed by atoms with E-state index in [4.69, 9.17) is 9.15 Å². The third-order valence-corrected chi connectivity index (χ3v) is 2.59. The molecule has 0 aromatic carbocycles. The van der Waals surface area contributed by atoms with E-state index >= 15 is 0 Å². The van der Waals surface area contributed by atoms with Gasteiger partial charge in [0.25, 0.3) is 0 Å². The van der Waals surface area contributed by atoms with E-state index in [1.54, 1.807) is 31.2 Å². The first kappa shape index (κ1) is 12.1. The van der Waals surface area contributed by atoms with Gasteiger partial charge >= 0.3 is 0 Å². The summed E-state index contributed by atoms with van der Waals surface area (Å²) in [5, 5.41) is 0. The number of Topliss-reactive ketones (excluding diaryl/α,β-unsaturated/α-hetero) is 1. The van der Waals surface area contributed by atoms with Crippen LogP contribution in [0.25, 0.3) is 6.08 Å².